The molecule has 0 fully saturated rings. The van der Waals surface area contributed by atoms with Gasteiger partial charge in [-0.2, -0.15) is 0 Å². The summed E-state index contributed by atoms with van der Waals surface area (Å²) < 4.78 is 25.0. The number of carbonyl (C=O) groups excluding carboxylic acids is 2. The molecule has 3 N–H and O–H groups in total. The molecule has 0 saturated heterocycles. The predicted octanol–water partition coefficient (Wildman–Crippen LogP) is 3.10. The smallest absolute Gasteiger partial charge is 0.251 e. The molecule has 2 heterocycles. The SMILES string of the molecule is CC(C)N1CCc2c(sc(NC(=O)CS(=O)(=O)c3ccc(Cl)cc3)c2C(N)=O)C1.Cl. The number of thiophene rings is 1. The molecule has 0 aliphatic carbocycles. The van der Waals surface area contributed by atoms with Crippen LogP contribution in [0.5, 0.6) is 0 Å². The largest absolute Gasteiger partial charge is 0.365 e. The van der Waals surface area contributed by atoms with Crippen LogP contribution in [0.2, 0.25) is 5.02 Å². The number of sulfone groups is 1. The lowest BCUT2D eigenvalue weighted by molar-refractivity contribution is -0.113. The molecule has 7 nitrogen and oxygen atoms in total. The van der Waals surface area contributed by atoms with Gasteiger partial charge in [0.15, 0.2) is 9.84 Å². The Hall–Kier alpha value is -1.65. The molecule has 1 aromatic heterocycles. The molecule has 11 heteroatoms. The second-order valence-corrected chi connectivity index (χ2v) is 10.7. The molecule has 1 aliphatic heterocycles. The van der Waals surface area contributed by atoms with E-state index in [1.807, 2.05) is 0 Å². The monoisotopic (exact) mass is 491 g/mol. The van der Waals surface area contributed by atoms with E-state index in [4.69, 9.17) is 17.3 Å². The summed E-state index contributed by atoms with van der Waals surface area (Å²) in [7, 11) is -3.84. The maximum Gasteiger partial charge on any atom is 0.251 e. The average molecular weight is 492 g/mol. The number of benzene rings is 1. The standard InChI is InChI=1S/C19H22ClN3O4S2.ClH/c1-11(2)23-8-7-14-15(9-23)28-19(17(14)18(21)25)22-16(24)10-29(26,27)13-5-3-12(20)4-6-13;/h3-6,11H,7-10H2,1-2H3,(H2,21,25)(H,22,24);1H. The minimum atomic E-state index is -3.84. The van der Waals surface area contributed by atoms with E-state index in [9.17, 15) is 18.0 Å². The first kappa shape index (κ1) is 24.6. The van der Waals surface area contributed by atoms with Crippen molar-refractivity contribution in [1.82, 2.24) is 4.90 Å². The highest BCUT2D eigenvalue weighted by atomic mass is 35.5. The Labute approximate surface area is 190 Å². The average Bonchev–Trinajstić information content (AvgIpc) is 2.98. The number of fused-ring (bicyclic) bond motifs is 1. The van der Waals surface area contributed by atoms with Gasteiger partial charge in [0.25, 0.3) is 5.91 Å². The summed E-state index contributed by atoms with van der Waals surface area (Å²) >= 11 is 7.06. The van der Waals surface area contributed by atoms with Gasteiger partial charge in [-0.3, -0.25) is 14.5 Å². The number of hydrogen-bond acceptors (Lipinski definition) is 6. The molecule has 3 rings (SSSR count). The number of anilines is 1. The summed E-state index contributed by atoms with van der Waals surface area (Å²) in [5.41, 5.74) is 6.68. The van der Waals surface area contributed by atoms with E-state index >= 15 is 0 Å². The van der Waals surface area contributed by atoms with E-state index in [0.29, 0.717) is 29.0 Å². The molecular formula is C19H23Cl2N3O4S2. The molecule has 2 aromatic rings. The third-order valence-electron chi connectivity index (χ3n) is 4.81. The zero-order valence-electron chi connectivity index (χ0n) is 16.5. The van der Waals surface area contributed by atoms with Crippen LogP contribution < -0.4 is 11.1 Å². The fraction of sp³-hybridized carbons (Fsp3) is 0.368. The number of nitrogens with two attached hydrogens (primary N) is 1. The lowest BCUT2D eigenvalue weighted by Crippen LogP contribution is -2.35. The zero-order valence-corrected chi connectivity index (χ0v) is 19.7. The number of rotatable bonds is 6. The Morgan fingerprint density at radius 3 is 2.47 bits per heavy atom. The van der Waals surface area contributed by atoms with Crippen molar-refractivity contribution in [3.8, 4) is 0 Å². The molecule has 0 unspecified atom stereocenters. The Balaban J connectivity index is 0.00000320. The predicted molar refractivity (Wildman–Crippen MR) is 121 cm³/mol. The van der Waals surface area contributed by atoms with E-state index in [2.05, 4.69) is 24.1 Å². The van der Waals surface area contributed by atoms with Crippen LogP contribution in [-0.4, -0.2) is 43.5 Å². The summed E-state index contributed by atoms with van der Waals surface area (Å²) in [6.45, 7) is 5.65. The number of halogens is 2. The van der Waals surface area contributed by atoms with Gasteiger partial charge in [0, 0.05) is 29.0 Å². The van der Waals surface area contributed by atoms with Crippen LogP contribution in [0.3, 0.4) is 0 Å². The van der Waals surface area contributed by atoms with E-state index in [0.717, 1.165) is 17.0 Å². The first-order chi connectivity index (χ1) is 13.6. The number of nitrogens with one attached hydrogen (secondary N) is 1. The molecule has 1 aliphatic rings. The van der Waals surface area contributed by atoms with Gasteiger partial charge in [0.1, 0.15) is 10.8 Å². The third kappa shape index (κ3) is 5.33. The van der Waals surface area contributed by atoms with Gasteiger partial charge in [-0.25, -0.2) is 8.42 Å². The van der Waals surface area contributed by atoms with Crippen LogP contribution in [0.4, 0.5) is 5.00 Å². The van der Waals surface area contributed by atoms with Gasteiger partial charge in [-0.05, 0) is 50.1 Å². The van der Waals surface area contributed by atoms with E-state index in [1.165, 1.54) is 35.6 Å². The molecule has 0 spiro atoms. The second-order valence-electron chi connectivity index (χ2n) is 7.15. The zero-order chi connectivity index (χ0) is 21.3. The number of hydrogen-bond donors (Lipinski definition) is 2. The lowest BCUT2D eigenvalue weighted by Gasteiger charge is -2.30. The van der Waals surface area contributed by atoms with Gasteiger partial charge in [-0.15, -0.1) is 23.7 Å². The topological polar surface area (TPSA) is 110 Å². The van der Waals surface area contributed by atoms with Gasteiger partial charge in [0.05, 0.1) is 10.5 Å². The number of nitrogens with zero attached hydrogens (tertiary/aromatic N) is 1. The van der Waals surface area contributed by atoms with Gasteiger partial charge >= 0.3 is 0 Å². The third-order valence-corrected chi connectivity index (χ3v) is 7.83. The van der Waals surface area contributed by atoms with E-state index < -0.39 is 27.4 Å². The minimum Gasteiger partial charge on any atom is -0.365 e. The van der Waals surface area contributed by atoms with Crippen molar-refractivity contribution in [2.24, 2.45) is 5.73 Å². The molecular weight excluding hydrogens is 469 g/mol. The Morgan fingerprint density at radius 2 is 1.90 bits per heavy atom. The maximum absolute atomic E-state index is 12.5. The quantitative estimate of drug-likeness (QED) is 0.644. The molecule has 0 bridgehead atoms. The number of primary amides is 1. The summed E-state index contributed by atoms with van der Waals surface area (Å²) in [6, 6.07) is 5.95. The van der Waals surface area contributed by atoms with Crippen molar-refractivity contribution < 1.29 is 18.0 Å². The Kier molecular flexibility index (Phi) is 7.92. The molecule has 2 amide bonds. The number of amides is 2. The van der Waals surface area contributed by atoms with Crippen LogP contribution in [-0.2, 0) is 27.6 Å². The lowest BCUT2D eigenvalue weighted by atomic mass is 10.0. The highest BCUT2D eigenvalue weighted by Crippen LogP contribution is 2.37. The molecule has 0 saturated carbocycles. The van der Waals surface area contributed by atoms with Crippen molar-refractivity contribution in [1.29, 1.82) is 0 Å². The van der Waals surface area contributed by atoms with Crippen molar-refractivity contribution in [3.05, 3.63) is 45.3 Å². The van der Waals surface area contributed by atoms with Gasteiger partial charge < -0.3 is 11.1 Å². The molecule has 1 aromatic carbocycles. The molecule has 0 radical (unpaired) electrons. The first-order valence-electron chi connectivity index (χ1n) is 9.05. The summed E-state index contributed by atoms with van der Waals surface area (Å²) in [5, 5.41) is 3.30. The summed E-state index contributed by atoms with van der Waals surface area (Å²) in [6.07, 6.45) is 0.654. The van der Waals surface area contributed by atoms with Crippen LogP contribution >= 0.6 is 35.3 Å². The highest BCUT2D eigenvalue weighted by molar-refractivity contribution is 7.92. The van der Waals surface area contributed by atoms with Crippen LogP contribution in [0.15, 0.2) is 29.2 Å². The second kappa shape index (κ2) is 9.65. The van der Waals surface area contributed by atoms with Crippen molar-refractivity contribution in [2.75, 3.05) is 17.6 Å². The van der Waals surface area contributed by atoms with Crippen LogP contribution in [0.25, 0.3) is 0 Å². The normalized spacial score (nSPS) is 14.1. The molecule has 164 valence electrons. The summed E-state index contributed by atoms with van der Waals surface area (Å²) in [5.74, 6) is -2.09. The van der Waals surface area contributed by atoms with Gasteiger partial charge in [-0.1, -0.05) is 11.6 Å². The summed E-state index contributed by atoms with van der Waals surface area (Å²) in [4.78, 5) is 27.7. The van der Waals surface area contributed by atoms with Crippen LogP contribution in [0.1, 0.15) is 34.6 Å². The van der Waals surface area contributed by atoms with Crippen molar-refractivity contribution >= 4 is 62.0 Å². The highest BCUT2D eigenvalue weighted by Gasteiger charge is 2.29. The Morgan fingerprint density at radius 1 is 1.27 bits per heavy atom. The van der Waals surface area contributed by atoms with Crippen molar-refractivity contribution in [2.45, 2.75) is 37.8 Å². The van der Waals surface area contributed by atoms with Crippen LogP contribution in [0, 0.1) is 0 Å². The molecule has 0 atom stereocenters. The van der Waals surface area contributed by atoms with E-state index in [-0.39, 0.29) is 22.9 Å². The fourth-order valence-electron chi connectivity index (χ4n) is 3.27. The fourth-order valence-corrected chi connectivity index (χ4v) is 5.83. The number of carbonyl (C=O) groups is 2. The Bertz CT molecular complexity index is 1050. The maximum atomic E-state index is 12.5. The van der Waals surface area contributed by atoms with Crippen molar-refractivity contribution in [3.63, 3.8) is 0 Å². The van der Waals surface area contributed by atoms with Gasteiger partial charge in [0.2, 0.25) is 5.91 Å². The first-order valence-corrected chi connectivity index (χ1v) is 11.9. The molecule has 30 heavy (non-hydrogen) atoms. The van der Waals surface area contributed by atoms with E-state index in [1.54, 1.807) is 0 Å². The minimum absolute atomic E-state index is 0.